The summed E-state index contributed by atoms with van der Waals surface area (Å²) >= 11 is 4.71. The second kappa shape index (κ2) is 6.81. The summed E-state index contributed by atoms with van der Waals surface area (Å²) in [6.07, 6.45) is 1.60. The number of hydrogen-bond donors (Lipinski definition) is 3. The molecule has 0 aromatic carbocycles. The molecule has 9 nitrogen and oxygen atoms in total. The van der Waals surface area contributed by atoms with Crippen LogP contribution >= 0.6 is 27.3 Å². The smallest absolute Gasteiger partial charge is 0.209 e. The molecule has 5 atom stereocenters. The van der Waals surface area contributed by atoms with E-state index in [2.05, 4.69) is 53.0 Å². The van der Waals surface area contributed by atoms with Gasteiger partial charge in [0.1, 0.15) is 11.9 Å². The van der Waals surface area contributed by atoms with Crippen molar-refractivity contribution in [2.45, 2.75) is 31.6 Å². The number of carbonyl (C=O) groups is 1. The van der Waals surface area contributed by atoms with Crippen LogP contribution < -0.4 is 5.32 Å². The second-order valence-electron chi connectivity index (χ2n) is 7.53. The number of hydrogen-bond acceptors (Lipinski definition) is 9. The van der Waals surface area contributed by atoms with Crippen LogP contribution in [0.1, 0.15) is 30.1 Å². The van der Waals surface area contributed by atoms with Gasteiger partial charge in [0, 0.05) is 7.05 Å². The number of fused-ring (bicyclic) bond motifs is 2. The number of rotatable bonds is 3. The number of aromatic nitrogens is 5. The highest BCUT2D eigenvalue weighted by Gasteiger charge is 2.74. The minimum atomic E-state index is -1.10. The van der Waals surface area contributed by atoms with E-state index in [4.69, 9.17) is 0 Å². The van der Waals surface area contributed by atoms with Crippen LogP contribution in [0.15, 0.2) is 16.4 Å². The van der Waals surface area contributed by atoms with Gasteiger partial charge in [-0.25, -0.2) is 19.9 Å². The van der Waals surface area contributed by atoms with Gasteiger partial charge in [-0.15, -0.1) is 0 Å². The van der Waals surface area contributed by atoms with E-state index in [-0.39, 0.29) is 11.7 Å². The van der Waals surface area contributed by atoms with Crippen molar-refractivity contribution in [2.75, 3.05) is 12.4 Å². The van der Waals surface area contributed by atoms with Crippen LogP contribution in [0.4, 0.5) is 5.82 Å². The zero-order valence-corrected chi connectivity index (χ0v) is 18.4. The number of aliphatic hydroxyl groups excluding tert-OH is 2. The summed E-state index contributed by atoms with van der Waals surface area (Å²) in [5.74, 6) is 6.48. The van der Waals surface area contributed by atoms with Gasteiger partial charge in [-0.05, 0) is 47.0 Å². The minimum Gasteiger partial charge on any atom is -0.389 e. The molecule has 5 rings (SSSR count). The Labute approximate surface area is 183 Å². The van der Waals surface area contributed by atoms with Crippen molar-refractivity contribution in [2.24, 2.45) is 11.3 Å². The minimum absolute atomic E-state index is 0.0983. The molecule has 0 aliphatic heterocycles. The summed E-state index contributed by atoms with van der Waals surface area (Å²) in [5, 5.41) is 24.3. The lowest BCUT2D eigenvalue weighted by atomic mass is 9.95. The standard InChI is InChI=1S/C19H17BrN6O3S/c1-8(27)19-5-10(19)13(14(28)15(19)29)26-7-23-12-16(21-2)24-11(25-17(12)26)4-3-9-6-22-18(20)30-9/h6-7,10,13-15,28-29H,5H2,1-2H3,(H,21,24,25)/t10?,13-,14+,15?,19+/m1/s1. The van der Waals surface area contributed by atoms with E-state index in [1.165, 1.54) is 18.3 Å². The summed E-state index contributed by atoms with van der Waals surface area (Å²) in [4.78, 5) is 30.4. The lowest BCUT2D eigenvalue weighted by Gasteiger charge is -2.23. The normalized spacial score (nSPS) is 29.4. The number of anilines is 1. The molecule has 3 N–H and O–H groups in total. The van der Waals surface area contributed by atoms with Crippen LogP contribution in [0.3, 0.4) is 0 Å². The van der Waals surface area contributed by atoms with Gasteiger partial charge in [-0.2, -0.15) is 0 Å². The molecule has 2 aliphatic carbocycles. The van der Waals surface area contributed by atoms with Crippen LogP contribution in [0.25, 0.3) is 11.2 Å². The van der Waals surface area contributed by atoms with Crippen LogP contribution in [0, 0.1) is 23.2 Å². The summed E-state index contributed by atoms with van der Waals surface area (Å²) in [7, 11) is 1.73. The van der Waals surface area contributed by atoms with E-state index in [9.17, 15) is 15.0 Å². The van der Waals surface area contributed by atoms with E-state index in [0.717, 1.165) is 8.79 Å². The van der Waals surface area contributed by atoms with Gasteiger partial charge in [0.05, 0.1) is 35.0 Å². The molecule has 0 saturated heterocycles. The maximum Gasteiger partial charge on any atom is 0.209 e. The molecular weight excluding hydrogens is 472 g/mol. The number of carbonyl (C=O) groups excluding carboxylic acids is 1. The van der Waals surface area contributed by atoms with Gasteiger partial charge >= 0.3 is 0 Å². The molecular formula is C19H17BrN6O3S. The highest BCUT2D eigenvalue weighted by atomic mass is 79.9. The molecule has 30 heavy (non-hydrogen) atoms. The average Bonchev–Trinajstić information content (AvgIpc) is 2.98. The Morgan fingerprint density at radius 3 is 2.80 bits per heavy atom. The van der Waals surface area contributed by atoms with E-state index in [0.29, 0.717) is 29.2 Å². The predicted octanol–water partition coefficient (Wildman–Crippen LogP) is 1.36. The molecule has 154 valence electrons. The molecule has 2 saturated carbocycles. The van der Waals surface area contributed by atoms with Crippen LogP contribution in [0.5, 0.6) is 0 Å². The maximum absolute atomic E-state index is 12.2. The van der Waals surface area contributed by atoms with Crippen LogP contribution in [-0.2, 0) is 4.79 Å². The molecule has 2 aliphatic rings. The molecule has 11 heteroatoms. The van der Waals surface area contributed by atoms with Gasteiger partial charge in [0.25, 0.3) is 0 Å². The topological polar surface area (TPSA) is 126 Å². The zero-order valence-electron chi connectivity index (χ0n) is 16.0. The first-order valence-corrected chi connectivity index (χ1v) is 10.9. The second-order valence-corrected chi connectivity index (χ2v) is 9.84. The highest BCUT2D eigenvalue weighted by molar-refractivity contribution is 9.11. The monoisotopic (exact) mass is 488 g/mol. The van der Waals surface area contributed by atoms with Gasteiger partial charge < -0.3 is 20.1 Å². The van der Waals surface area contributed by atoms with Crippen molar-refractivity contribution in [3.05, 3.63) is 27.1 Å². The third-order valence-electron chi connectivity index (χ3n) is 6.08. The first-order valence-electron chi connectivity index (χ1n) is 9.29. The van der Waals surface area contributed by atoms with Crippen molar-refractivity contribution < 1.29 is 15.0 Å². The van der Waals surface area contributed by atoms with Crippen LogP contribution in [0.2, 0.25) is 0 Å². The number of Topliss-reactive ketones (excluding diaryl/α,β-unsaturated/α-hetero) is 1. The van der Waals surface area contributed by atoms with Gasteiger partial charge in [-0.1, -0.05) is 11.3 Å². The Bertz CT molecular complexity index is 1250. The first-order chi connectivity index (χ1) is 14.4. The molecule has 0 amide bonds. The van der Waals surface area contributed by atoms with Crippen molar-refractivity contribution in [3.63, 3.8) is 0 Å². The number of ketones is 1. The molecule has 2 fully saturated rings. The van der Waals surface area contributed by atoms with E-state index < -0.39 is 23.7 Å². The van der Waals surface area contributed by atoms with Gasteiger partial charge in [-0.3, -0.25) is 4.79 Å². The number of aliphatic hydroxyl groups is 2. The van der Waals surface area contributed by atoms with E-state index in [1.807, 2.05) is 0 Å². The maximum atomic E-state index is 12.2. The molecule has 3 aromatic rings. The Hall–Kier alpha value is -2.39. The fraction of sp³-hybridized carbons (Fsp3) is 0.421. The molecule has 2 unspecified atom stereocenters. The summed E-state index contributed by atoms with van der Waals surface area (Å²) in [6.45, 7) is 1.47. The molecule has 3 aromatic heterocycles. The lowest BCUT2D eigenvalue weighted by molar-refractivity contribution is -0.128. The fourth-order valence-corrected chi connectivity index (χ4v) is 5.68. The summed E-state index contributed by atoms with van der Waals surface area (Å²) in [5.41, 5.74) is 0.153. The average molecular weight is 489 g/mol. The zero-order chi connectivity index (χ0) is 21.2. The number of nitrogens with zero attached hydrogens (tertiary/aromatic N) is 5. The van der Waals surface area contributed by atoms with Crippen LogP contribution in [-0.4, -0.2) is 59.8 Å². The molecule has 3 heterocycles. The summed E-state index contributed by atoms with van der Waals surface area (Å²) < 4.78 is 2.48. The third kappa shape index (κ3) is 2.71. The van der Waals surface area contributed by atoms with Gasteiger partial charge in [0.2, 0.25) is 5.82 Å². The van der Waals surface area contributed by atoms with E-state index >= 15 is 0 Å². The SMILES string of the molecule is CNc1nc(C#Cc2cnc(Br)s2)nc2c1ncn2[C@@H]1C2C[C@@]2(C(C)=O)C(O)[C@H]1O. The Morgan fingerprint density at radius 1 is 1.37 bits per heavy atom. The number of imidazole rings is 1. The Morgan fingerprint density at radius 2 is 2.17 bits per heavy atom. The van der Waals surface area contributed by atoms with E-state index in [1.54, 1.807) is 24.1 Å². The predicted molar refractivity (Wildman–Crippen MR) is 113 cm³/mol. The molecule has 0 bridgehead atoms. The third-order valence-corrected chi connectivity index (χ3v) is 7.47. The molecule has 0 radical (unpaired) electrons. The Balaban J connectivity index is 1.59. The fourth-order valence-electron chi connectivity index (χ4n) is 4.56. The van der Waals surface area contributed by atoms with Crippen molar-refractivity contribution >= 4 is 50.0 Å². The summed E-state index contributed by atoms with van der Waals surface area (Å²) in [6, 6.07) is -0.494. The Kier molecular flexibility index (Phi) is 4.44. The van der Waals surface area contributed by atoms with Gasteiger partial charge in [0.15, 0.2) is 20.9 Å². The number of nitrogens with one attached hydrogen (secondary N) is 1. The highest BCUT2D eigenvalue weighted by Crippen LogP contribution is 2.68. The van der Waals surface area contributed by atoms with Crippen molar-refractivity contribution in [1.29, 1.82) is 0 Å². The lowest BCUT2D eigenvalue weighted by Crippen LogP contribution is -2.36. The largest absolute Gasteiger partial charge is 0.389 e. The number of halogens is 1. The quantitative estimate of drug-likeness (QED) is 0.471. The first kappa shape index (κ1) is 19.6. The number of thiazole rings is 1. The molecule has 0 spiro atoms. The van der Waals surface area contributed by atoms with Crippen molar-refractivity contribution in [1.82, 2.24) is 24.5 Å². The van der Waals surface area contributed by atoms with Crippen molar-refractivity contribution in [3.8, 4) is 11.8 Å².